The van der Waals surface area contributed by atoms with Crippen LogP contribution in [-0.4, -0.2) is 17.8 Å². The Morgan fingerprint density at radius 3 is 2.44 bits per heavy atom. The lowest BCUT2D eigenvalue weighted by atomic mass is 9.98. The monoisotopic (exact) mass is 219 g/mol. The van der Waals surface area contributed by atoms with E-state index in [-0.39, 0.29) is 12.6 Å². The minimum Gasteiger partial charge on any atom is -0.394 e. The number of rotatable bonds is 5. The van der Waals surface area contributed by atoms with Gasteiger partial charge in [-0.3, -0.25) is 0 Å². The predicted octanol–water partition coefficient (Wildman–Crippen LogP) is 2.50. The fourth-order valence-corrected chi connectivity index (χ4v) is 2.07. The van der Waals surface area contributed by atoms with Crippen molar-refractivity contribution >= 4 is 0 Å². The van der Waals surface area contributed by atoms with Crippen molar-refractivity contribution < 1.29 is 5.11 Å². The summed E-state index contributed by atoms with van der Waals surface area (Å²) in [4.78, 5) is 0. The van der Waals surface area contributed by atoms with E-state index in [0.717, 1.165) is 0 Å². The van der Waals surface area contributed by atoms with E-state index in [4.69, 9.17) is 0 Å². The standard InChI is InChI=1S/C14H21NO/c1-11(14(2)8-9-14)15-13(10-16)12-6-4-3-5-7-12/h3-7,11,13,15-16H,8-10H2,1-2H3/t11?,13-/m1/s1. The van der Waals surface area contributed by atoms with Crippen LogP contribution in [0.4, 0.5) is 0 Å². The highest BCUT2D eigenvalue weighted by Gasteiger charge is 2.42. The van der Waals surface area contributed by atoms with Crippen LogP contribution in [-0.2, 0) is 0 Å². The van der Waals surface area contributed by atoms with Gasteiger partial charge in [0.1, 0.15) is 0 Å². The van der Waals surface area contributed by atoms with E-state index < -0.39 is 0 Å². The average molecular weight is 219 g/mol. The Kier molecular flexibility index (Phi) is 3.31. The highest BCUT2D eigenvalue weighted by Crippen LogP contribution is 2.48. The Hall–Kier alpha value is -0.860. The van der Waals surface area contributed by atoms with Crippen molar-refractivity contribution in [2.24, 2.45) is 5.41 Å². The van der Waals surface area contributed by atoms with Crippen LogP contribution in [0.15, 0.2) is 30.3 Å². The molecule has 1 unspecified atom stereocenters. The SMILES string of the molecule is CC(N[C@H](CO)c1ccccc1)C1(C)CC1. The zero-order valence-electron chi connectivity index (χ0n) is 10.1. The number of hydrogen-bond acceptors (Lipinski definition) is 2. The van der Waals surface area contributed by atoms with Crippen molar-refractivity contribution in [3.63, 3.8) is 0 Å². The highest BCUT2D eigenvalue weighted by molar-refractivity contribution is 5.19. The minimum atomic E-state index is 0.0635. The van der Waals surface area contributed by atoms with Gasteiger partial charge >= 0.3 is 0 Å². The smallest absolute Gasteiger partial charge is 0.0626 e. The first kappa shape index (κ1) is 11.6. The summed E-state index contributed by atoms with van der Waals surface area (Å²) in [5, 5.41) is 13.0. The summed E-state index contributed by atoms with van der Waals surface area (Å²) in [7, 11) is 0. The molecule has 2 heteroatoms. The summed E-state index contributed by atoms with van der Waals surface area (Å²) in [6.45, 7) is 4.69. The Bertz CT molecular complexity index is 332. The molecule has 0 aromatic heterocycles. The third-order valence-electron chi connectivity index (χ3n) is 3.92. The molecule has 1 aromatic carbocycles. The first-order valence-corrected chi connectivity index (χ1v) is 6.07. The summed E-state index contributed by atoms with van der Waals surface area (Å²) < 4.78 is 0. The Labute approximate surface area is 97.7 Å². The molecule has 0 spiro atoms. The molecule has 2 rings (SSSR count). The first-order valence-electron chi connectivity index (χ1n) is 6.07. The van der Waals surface area contributed by atoms with Crippen LogP contribution in [0.2, 0.25) is 0 Å². The molecule has 16 heavy (non-hydrogen) atoms. The highest BCUT2D eigenvalue weighted by atomic mass is 16.3. The molecule has 88 valence electrons. The van der Waals surface area contributed by atoms with Gasteiger partial charge in [0, 0.05) is 6.04 Å². The molecule has 1 aliphatic rings. The Balaban J connectivity index is 2.01. The molecule has 0 heterocycles. The van der Waals surface area contributed by atoms with Crippen molar-refractivity contribution in [3.05, 3.63) is 35.9 Å². The zero-order chi connectivity index (χ0) is 11.6. The summed E-state index contributed by atoms with van der Waals surface area (Å²) in [6.07, 6.45) is 2.60. The van der Waals surface area contributed by atoms with Gasteiger partial charge in [0.05, 0.1) is 12.6 Å². The maximum Gasteiger partial charge on any atom is 0.0626 e. The lowest BCUT2D eigenvalue weighted by molar-refractivity contribution is 0.219. The van der Waals surface area contributed by atoms with Crippen LogP contribution in [0, 0.1) is 5.41 Å². The quantitative estimate of drug-likeness (QED) is 0.797. The third kappa shape index (κ3) is 2.45. The molecule has 1 aliphatic carbocycles. The van der Waals surface area contributed by atoms with E-state index in [2.05, 4.69) is 31.3 Å². The van der Waals surface area contributed by atoms with E-state index in [1.54, 1.807) is 0 Å². The molecule has 0 radical (unpaired) electrons. The number of aliphatic hydroxyl groups is 1. The van der Waals surface area contributed by atoms with E-state index in [1.807, 2.05) is 18.2 Å². The Morgan fingerprint density at radius 1 is 1.31 bits per heavy atom. The van der Waals surface area contributed by atoms with Crippen molar-refractivity contribution in [2.45, 2.75) is 38.8 Å². The van der Waals surface area contributed by atoms with E-state index in [0.29, 0.717) is 11.5 Å². The van der Waals surface area contributed by atoms with Crippen LogP contribution < -0.4 is 5.32 Å². The second-order valence-electron chi connectivity index (χ2n) is 5.19. The summed E-state index contributed by atoms with van der Waals surface area (Å²) in [5.74, 6) is 0. The normalized spacial score (nSPS) is 21.4. The van der Waals surface area contributed by atoms with Crippen LogP contribution in [0.5, 0.6) is 0 Å². The third-order valence-corrected chi connectivity index (χ3v) is 3.92. The second-order valence-corrected chi connectivity index (χ2v) is 5.19. The lowest BCUT2D eigenvalue weighted by Gasteiger charge is -2.26. The molecule has 1 aromatic rings. The first-order chi connectivity index (χ1) is 7.65. The number of hydrogen-bond donors (Lipinski definition) is 2. The topological polar surface area (TPSA) is 32.3 Å². The van der Waals surface area contributed by atoms with Gasteiger partial charge in [0.25, 0.3) is 0 Å². The van der Waals surface area contributed by atoms with Crippen molar-refractivity contribution in [1.29, 1.82) is 0 Å². The summed E-state index contributed by atoms with van der Waals surface area (Å²) in [5.41, 5.74) is 1.61. The lowest BCUT2D eigenvalue weighted by Crippen LogP contribution is -2.37. The van der Waals surface area contributed by atoms with Gasteiger partial charge in [-0.25, -0.2) is 0 Å². The van der Waals surface area contributed by atoms with Crippen LogP contribution in [0.25, 0.3) is 0 Å². The number of benzene rings is 1. The second kappa shape index (κ2) is 4.56. The van der Waals surface area contributed by atoms with Gasteiger partial charge in [0.2, 0.25) is 0 Å². The molecule has 0 bridgehead atoms. The van der Waals surface area contributed by atoms with Crippen molar-refractivity contribution in [1.82, 2.24) is 5.32 Å². The van der Waals surface area contributed by atoms with E-state index in [1.165, 1.54) is 18.4 Å². The molecule has 2 nitrogen and oxygen atoms in total. The van der Waals surface area contributed by atoms with Crippen LogP contribution in [0.1, 0.15) is 38.3 Å². The predicted molar refractivity (Wildman–Crippen MR) is 66.2 cm³/mol. The minimum absolute atomic E-state index is 0.0635. The molecule has 1 saturated carbocycles. The molecule has 0 saturated heterocycles. The molecule has 0 aliphatic heterocycles. The number of nitrogens with one attached hydrogen (secondary N) is 1. The maximum atomic E-state index is 9.45. The maximum absolute atomic E-state index is 9.45. The van der Waals surface area contributed by atoms with Gasteiger partial charge in [-0.1, -0.05) is 37.3 Å². The van der Waals surface area contributed by atoms with E-state index >= 15 is 0 Å². The largest absolute Gasteiger partial charge is 0.394 e. The van der Waals surface area contributed by atoms with Gasteiger partial charge < -0.3 is 10.4 Å². The van der Waals surface area contributed by atoms with Gasteiger partial charge in [-0.05, 0) is 30.7 Å². The van der Waals surface area contributed by atoms with Gasteiger partial charge in [-0.15, -0.1) is 0 Å². The molecule has 2 atom stereocenters. The van der Waals surface area contributed by atoms with Crippen molar-refractivity contribution in [3.8, 4) is 0 Å². The molecule has 1 fully saturated rings. The van der Waals surface area contributed by atoms with Gasteiger partial charge in [-0.2, -0.15) is 0 Å². The average Bonchev–Trinajstić information content (AvgIpc) is 3.06. The fourth-order valence-electron chi connectivity index (χ4n) is 2.07. The summed E-state index contributed by atoms with van der Waals surface area (Å²) in [6, 6.07) is 10.7. The molecule has 0 amide bonds. The van der Waals surface area contributed by atoms with Gasteiger partial charge in [0.15, 0.2) is 0 Å². The molecular formula is C14H21NO. The Morgan fingerprint density at radius 2 is 1.94 bits per heavy atom. The van der Waals surface area contributed by atoms with Crippen LogP contribution >= 0.6 is 0 Å². The number of aliphatic hydroxyl groups excluding tert-OH is 1. The molecular weight excluding hydrogens is 198 g/mol. The summed E-state index contributed by atoms with van der Waals surface area (Å²) >= 11 is 0. The van der Waals surface area contributed by atoms with Crippen molar-refractivity contribution in [2.75, 3.05) is 6.61 Å². The molecule has 2 N–H and O–H groups in total. The van der Waals surface area contributed by atoms with Crippen LogP contribution in [0.3, 0.4) is 0 Å². The van der Waals surface area contributed by atoms with E-state index in [9.17, 15) is 5.11 Å². The zero-order valence-corrected chi connectivity index (χ0v) is 10.1. The fraction of sp³-hybridized carbons (Fsp3) is 0.571.